The Morgan fingerprint density at radius 2 is 1.54 bits per heavy atom. The fourth-order valence-corrected chi connectivity index (χ4v) is 2.24. The second kappa shape index (κ2) is 7.64. The number of anilines is 2. The SMILES string of the molecule is CC(OC(=O)c1cccc(N(C)C)c1)C(=O)N(C)c1ccccc1. The molecule has 5 nitrogen and oxygen atoms in total. The van der Waals surface area contributed by atoms with Crippen LogP contribution in [-0.2, 0) is 9.53 Å². The number of hydrogen-bond donors (Lipinski definition) is 0. The van der Waals surface area contributed by atoms with Gasteiger partial charge in [0.05, 0.1) is 5.56 Å². The second-order valence-corrected chi connectivity index (χ2v) is 5.73. The molecule has 1 atom stereocenters. The van der Waals surface area contributed by atoms with E-state index in [2.05, 4.69) is 0 Å². The van der Waals surface area contributed by atoms with Crippen LogP contribution in [0.3, 0.4) is 0 Å². The fraction of sp³-hybridized carbons (Fsp3) is 0.263. The average molecular weight is 326 g/mol. The zero-order valence-electron chi connectivity index (χ0n) is 14.4. The van der Waals surface area contributed by atoms with Gasteiger partial charge in [-0.1, -0.05) is 24.3 Å². The molecule has 2 rings (SSSR count). The highest BCUT2D eigenvalue weighted by Gasteiger charge is 2.23. The molecule has 0 fully saturated rings. The van der Waals surface area contributed by atoms with Gasteiger partial charge in [0.25, 0.3) is 5.91 Å². The maximum atomic E-state index is 12.4. The van der Waals surface area contributed by atoms with Crippen molar-refractivity contribution < 1.29 is 14.3 Å². The molecule has 0 radical (unpaired) electrons. The summed E-state index contributed by atoms with van der Waals surface area (Å²) < 4.78 is 5.33. The minimum absolute atomic E-state index is 0.279. The van der Waals surface area contributed by atoms with Gasteiger partial charge >= 0.3 is 5.97 Å². The van der Waals surface area contributed by atoms with Crippen LogP contribution in [0, 0.1) is 0 Å². The van der Waals surface area contributed by atoms with Crippen molar-refractivity contribution in [3.8, 4) is 0 Å². The molecule has 5 heteroatoms. The maximum absolute atomic E-state index is 12.4. The Hall–Kier alpha value is -2.82. The maximum Gasteiger partial charge on any atom is 0.338 e. The van der Waals surface area contributed by atoms with E-state index in [1.165, 1.54) is 4.90 Å². The first-order valence-corrected chi connectivity index (χ1v) is 7.71. The Morgan fingerprint density at radius 3 is 2.17 bits per heavy atom. The van der Waals surface area contributed by atoms with Gasteiger partial charge in [-0.2, -0.15) is 0 Å². The standard InChI is InChI=1S/C19H22N2O3/c1-14(18(22)21(4)16-10-6-5-7-11-16)24-19(23)15-9-8-12-17(13-15)20(2)3/h5-14H,1-4H3. The number of ether oxygens (including phenoxy) is 1. The smallest absolute Gasteiger partial charge is 0.338 e. The van der Waals surface area contributed by atoms with E-state index in [-0.39, 0.29) is 5.91 Å². The van der Waals surface area contributed by atoms with E-state index < -0.39 is 12.1 Å². The highest BCUT2D eigenvalue weighted by atomic mass is 16.5. The number of esters is 1. The molecule has 0 aliphatic rings. The lowest BCUT2D eigenvalue weighted by Gasteiger charge is -2.21. The minimum Gasteiger partial charge on any atom is -0.449 e. The molecule has 0 bridgehead atoms. The lowest BCUT2D eigenvalue weighted by molar-refractivity contribution is -0.126. The van der Waals surface area contributed by atoms with Crippen molar-refractivity contribution in [1.82, 2.24) is 0 Å². The van der Waals surface area contributed by atoms with Crippen LogP contribution in [0.15, 0.2) is 54.6 Å². The molecule has 2 aromatic carbocycles. The predicted octanol–water partition coefficient (Wildman–Crippen LogP) is 2.96. The number of carbonyl (C=O) groups excluding carboxylic acids is 2. The van der Waals surface area contributed by atoms with Crippen LogP contribution in [-0.4, -0.2) is 39.1 Å². The van der Waals surface area contributed by atoms with Crippen LogP contribution >= 0.6 is 0 Å². The first-order chi connectivity index (χ1) is 11.4. The molecule has 0 spiro atoms. The van der Waals surface area contributed by atoms with Gasteiger partial charge in [0.15, 0.2) is 6.10 Å². The van der Waals surface area contributed by atoms with E-state index in [1.54, 1.807) is 32.2 Å². The summed E-state index contributed by atoms with van der Waals surface area (Å²) in [7, 11) is 5.45. The first-order valence-electron chi connectivity index (χ1n) is 7.71. The third kappa shape index (κ3) is 4.13. The highest BCUT2D eigenvalue weighted by Crippen LogP contribution is 2.16. The molecule has 126 valence electrons. The Balaban J connectivity index is 2.06. The van der Waals surface area contributed by atoms with Crippen molar-refractivity contribution in [2.24, 2.45) is 0 Å². The molecule has 0 saturated heterocycles. The molecular weight excluding hydrogens is 304 g/mol. The quantitative estimate of drug-likeness (QED) is 0.793. The number of likely N-dealkylation sites (N-methyl/N-ethyl adjacent to an activating group) is 1. The number of rotatable bonds is 5. The summed E-state index contributed by atoms with van der Waals surface area (Å²) in [5.74, 6) is -0.792. The van der Waals surface area contributed by atoms with Gasteiger partial charge < -0.3 is 14.5 Å². The molecule has 0 N–H and O–H groups in total. The van der Waals surface area contributed by atoms with Crippen LogP contribution in [0.4, 0.5) is 11.4 Å². The van der Waals surface area contributed by atoms with E-state index in [1.807, 2.05) is 55.4 Å². The fourth-order valence-electron chi connectivity index (χ4n) is 2.24. The van der Waals surface area contributed by atoms with Gasteiger partial charge in [-0.05, 0) is 37.3 Å². The molecule has 2 aromatic rings. The van der Waals surface area contributed by atoms with Gasteiger partial charge in [-0.25, -0.2) is 4.79 Å². The normalized spacial score (nSPS) is 11.5. The Bertz CT molecular complexity index is 714. The molecular formula is C19H22N2O3. The molecule has 0 saturated carbocycles. The Morgan fingerprint density at radius 1 is 0.917 bits per heavy atom. The van der Waals surface area contributed by atoms with Gasteiger partial charge in [0, 0.05) is 32.5 Å². The lowest BCUT2D eigenvalue weighted by atomic mass is 10.2. The zero-order chi connectivity index (χ0) is 17.7. The molecule has 0 aliphatic heterocycles. The van der Waals surface area contributed by atoms with Crippen molar-refractivity contribution in [2.75, 3.05) is 30.9 Å². The number of hydrogen-bond acceptors (Lipinski definition) is 4. The van der Waals surface area contributed by atoms with E-state index in [9.17, 15) is 9.59 Å². The number of nitrogens with zero attached hydrogens (tertiary/aromatic N) is 2. The van der Waals surface area contributed by atoms with Crippen molar-refractivity contribution in [1.29, 1.82) is 0 Å². The summed E-state index contributed by atoms with van der Waals surface area (Å²) in [6.45, 7) is 1.58. The third-order valence-electron chi connectivity index (χ3n) is 3.70. The van der Waals surface area contributed by atoms with E-state index >= 15 is 0 Å². The Labute approximate surface area is 142 Å². The summed E-state index contributed by atoms with van der Waals surface area (Å²) in [6.07, 6.45) is -0.870. The van der Waals surface area contributed by atoms with Crippen LogP contribution in [0.1, 0.15) is 17.3 Å². The van der Waals surface area contributed by atoms with Gasteiger partial charge in [-0.3, -0.25) is 4.79 Å². The summed E-state index contributed by atoms with van der Waals surface area (Å²) in [5, 5.41) is 0. The van der Waals surface area contributed by atoms with Crippen molar-refractivity contribution in [3.05, 3.63) is 60.2 Å². The van der Waals surface area contributed by atoms with Crippen molar-refractivity contribution >= 4 is 23.3 Å². The van der Waals surface area contributed by atoms with E-state index in [0.29, 0.717) is 5.56 Å². The van der Waals surface area contributed by atoms with Crippen molar-refractivity contribution in [2.45, 2.75) is 13.0 Å². The minimum atomic E-state index is -0.870. The predicted molar refractivity (Wildman–Crippen MR) is 95.5 cm³/mol. The van der Waals surface area contributed by atoms with Crippen LogP contribution in [0.2, 0.25) is 0 Å². The van der Waals surface area contributed by atoms with Crippen LogP contribution in [0.25, 0.3) is 0 Å². The van der Waals surface area contributed by atoms with Crippen LogP contribution < -0.4 is 9.80 Å². The van der Waals surface area contributed by atoms with E-state index in [0.717, 1.165) is 11.4 Å². The molecule has 1 unspecified atom stereocenters. The topological polar surface area (TPSA) is 49.9 Å². The molecule has 0 aliphatic carbocycles. The summed E-state index contributed by atoms with van der Waals surface area (Å²) in [4.78, 5) is 28.1. The molecule has 1 amide bonds. The second-order valence-electron chi connectivity index (χ2n) is 5.73. The summed E-state index contributed by atoms with van der Waals surface area (Å²) in [5.41, 5.74) is 2.06. The first kappa shape index (κ1) is 17.5. The van der Waals surface area contributed by atoms with Gasteiger partial charge in [0.1, 0.15) is 0 Å². The van der Waals surface area contributed by atoms with Crippen LogP contribution in [0.5, 0.6) is 0 Å². The van der Waals surface area contributed by atoms with Gasteiger partial charge in [0.2, 0.25) is 0 Å². The number of benzene rings is 2. The molecule has 0 heterocycles. The monoisotopic (exact) mass is 326 g/mol. The van der Waals surface area contributed by atoms with Crippen molar-refractivity contribution in [3.63, 3.8) is 0 Å². The number of carbonyl (C=O) groups is 2. The largest absolute Gasteiger partial charge is 0.449 e. The molecule has 0 aromatic heterocycles. The number of para-hydroxylation sites is 1. The summed E-state index contributed by atoms with van der Waals surface area (Å²) >= 11 is 0. The third-order valence-corrected chi connectivity index (χ3v) is 3.70. The average Bonchev–Trinajstić information content (AvgIpc) is 2.61. The zero-order valence-corrected chi connectivity index (χ0v) is 14.4. The summed E-state index contributed by atoms with van der Waals surface area (Å²) in [6, 6.07) is 16.3. The Kier molecular flexibility index (Phi) is 5.58. The molecule has 24 heavy (non-hydrogen) atoms. The van der Waals surface area contributed by atoms with E-state index in [4.69, 9.17) is 4.74 Å². The number of amides is 1. The lowest BCUT2D eigenvalue weighted by Crippen LogP contribution is -2.37. The van der Waals surface area contributed by atoms with Gasteiger partial charge in [-0.15, -0.1) is 0 Å². The highest BCUT2D eigenvalue weighted by molar-refractivity contribution is 5.98.